The second kappa shape index (κ2) is 28.4. The smallest absolute Gasteiger partial charge is 0.169 e. The Morgan fingerprint density at radius 2 is 0.872 bits per heavy atom. The van der Waals surface area contributed by atoms with Gasteiger partial charge < -0.3 is 14.4 Å². The molecule has 2 unspecified atom stereocenters. The fourth-order valence-corrected chi connectivity index (χ4v) is 7.12. The molecule has 2 rings (SSSR count). The summed E-state index contributed by atoms with van der Waals surface area (Å²) in [5, 5.41) is 0. The van der Waals surface area contributed by atoms with Crippen LogP contribution in [0.5, 0.6) is 0 Å². The Balaban J connectivity index is 1.56. The lowest BCUT2D eigenvalue weighted by Crippen LogP contribution is -2.34. The first-order valence-corrected chi connectivity index (χ1v) is 20.4. The number of nitrogens with zero attached hydrogens (tertiary/aromatic N) is 1. The van der Waals surface area contributed by atoms with E-state index in [-0.39, 0.29) is 5.79 Å². The van der Waals surface area contributed by atoms with Gasteiger partial charge >= 0.3 is 0 Å². The molecule has 2 atom stereocenters. The van der Waals surface area contributed by atoms with Gasteiger partial charge in [0, 0.05) is 18.9 Å². The molecule has 0 bridgehead atoms. The van der Waals surface area contributed by atoms with Gasteiger partial charge in [0.05, 0.1) is 12.2 Å². The topological polar surface area (TPSA) is 21.7 Å². The van der Waals surface area contributed by atoms with Gasteiger partial charge in [0.25, 0.3) is 0 Å². The van der Waals surface area contributed by atoms with Crippen LogP contribution in [0.2, 0.25) is 0 Å². The monoisotopic (exact) mass is 652 g/mol. The molecule has 2 fully saturated rings. The summed E-state index contributed by atoms with van der Waals surface area (Å²) >= 11 is 0. The first-order valence-electron chi connectivity index (χ1n) is 20.4. The van der Waals surface area contributed by atoms with Crippen LogP contribution in [0.1, 0.15) is 181 Å². The van der Waals surface area contributed by atoms with E-state index in [4.69, 9.17) is 9.47 Å². The van der Waals surface area contributed by atoms with Gasteiger partial charge in [-0.25, -0.2) is 0 Å². The van der Waals surface area contributed by atoms with Crippen LogP contribution in [-0.4, -0.2) is 43.0 Å². The number of unbranched alkanes of at least 4 members (excludes halogenated alkanes) is 15. The van der Waals surface area contributed by atoms with Crippen LogP contribution < -0.4 is 0 Å². The van der Waals surface area contributed by atoms with Gasteiger partial charge in [-0.05, 0) is 104 Å². The zero-order valence-electron chi connectivity index (χ0n) is 31.7. The second-order valence-corrected chi connectivity index (χ2v) is 14.6. The van der Waals surface area contributed by atoms with Gasteiger partial charge in [-0.2, -0.15) is 0 Å². The Morgan fingerprint density at radius 1 is 0.489 bits per heavy atom. The molecule has 47 heavy (non-hydrogen) atoms. The van der Waals surface area contributed by atoms with E-state index < -0.39 is 0 Å². The van der Waals surface area contributed by atoms with E-state index in [1.165, 1.54) is 116 Å². The highest BCUT2D eigenvalue weighted by molar-refractivity contribution is 4.98. The van der Waals surface area contributed by atoms with Gasteiger partial charge in [0.1, 0.15) is 0 Å². The molecule has 3 nitrogen and oxygen atoms in total. The SMILES string of the molecule is CCC=CCC=CCC=CCCCCCCCCC1(CCCCCCCCC=CCC=CCCCCC)OC2CC(N(C)C)CC2O1. The standard InChI is InChI=1S/C44H77NO2/c1-5-7-9-11-13-15-17-19-21-23-25-27-29-31-33-35-37-44(46-42-39-41(45(3)4)40-43(42)47-44)38-36-34-32-30-28-26-24-22-20-18-16-14-12-10-8-6-2/h7,9,13-16,19-22,41-43H,5-6,8,10-12,17-18,23-40H2,1-4H3. The van der Waals surface area contributed by atoms with Crippen molar-refractivity contribution in [3.63, 3.8) is 0 Å². The van der Waals surface area contributed by atoms with Crippen molar-refractivity contribution in [1.82, 2.24) is 4.90 Å². The molecule has 0 spiro atoms. The molecule has 270 valence electrons. The Hall–Kier alpha value is -1.42. The molecule has 0 aromatic rings. The number of allylic oxidation sites excluding steroid dienone is 10. The predicted octanol–water partition coefficient (Wildman–Crippen LogP) is 13.4. The number of hydrogen-bond donors (Lipinski definition) is 0. The van der Waals surface area contributed by atoms with Crippen LogP contribution in [0.15, 0.2) is 60.8 Å². The Bertz CT molecular complexity index is 854. The molecular formula is C44H77NO2. The molecule has 1 saturated heterocycles. The van der Waals surface area contributed by atoms with Crippen LogP contribution in [0.4, 0.5) is 0 Å². The van der Waals surface area contributed by atoms with E-state index in [1.807, 2.05) is 0 Å². The molecule has 2 aliphatic rings. The molecule has 0 N–H and O–H groups in total. The van der Waals surface area contributed by atoms with Crippen molar-refractivity contribution in [1.29, 1.82) is 0 Å². The first kappa shape index (κ1) is 41.7. The highest BCUT2D eigenvalue weighted by atomic mass is 16.8. The summed E-state index contributed by atoms with van der Waals surface area (Å²) in [5.74, 6) is -0.312. The minimum atomic E-state index is -0.312. The third kappa shape index (κ3) is 20.6. The first-order chi connectivity index (χ1) is 23.1. The molecule has 1 aliphatic carbocycles. The van der Waals surface area contributed by atoms with E-state index in [9.17, 15) is 0 Å². The van der Waals surface area contributed by atoms with Crippen molar-refractivity contribution in [2.75, 3.05) is 14.1 Å². The van der Waals surface area contributed by atoms with E-state index in [2.05, 4.69) is 93.6 Å². The van der Waals surface area contributed by atoms with Gasteiger partial charge in [-0.1, -0.05) is 139 Å². The van der Waals surface area contributed by atoms with Gasteiger partial charge in [-0.15, -0.1) is 0 Å². The summed E-state index contributed by atoms with van der Waals surface area (Å²) in [6, 6.07) is 0.601. The number of hydrogen-bond acceptors (Lipinski definition) is 3. The summed E-state index contributed by atoms with van der Waals surface area (Å²) in [5.41, 5.74) is 0. The zero-order chi connectivity index (χ0) is 33.7. The number of ether oxygens (including phenoxy) is 2. The molecule has 0 aromatic heterocycles. The van der Waals surface area contributed by atoms with Crippen LogP contribution in [0.3, 0.4) is 0 Å². The third-order valence-corrected chi connectivity index (χ3v) is 10.1. The third-order valence-electron chi connectivity index (χ3n) is 10.1. The summed E-state index contributed by atoms with van der Waals surface area (Å²) in [7, 11) is 4.40. The van der Waals surface area contributed by atoms with Crippen molar-refractivity contribution in [3.8, 4) is 0 Å². The number of rotatable bonds is 30. The molecule has 0 amide bonds. The highest BCUT2D eigenvalue weighted by Gasteiger charge is 2.51. The summed E-state index contributed by atoms with van der Waals surface area (Å²) in [4.78, 5) is 2.36. The predicted molar refractivity (Wildman–Crippen MR) is 207 cm³/mol. The fraction of sp³-hybridized carbons (Fsp3) is 0.773. The Kier molecular flexibility index (Phi) is 25.2. The van der Waals surface area contributed by atoms with Crippen molar-refractivity contribution in [3.05, 3.63) is 60.8 Å². The lowest BCUT2D eigenvalue weighted by molar-refractivity contribution is -0.193. The average Bonchev–Trinajstić information content (AvgIpc) is 3.61. The lowest BCUT2D eigenvalue weighted by atomic mass is 9.98. The minimum absolute atomic E-state index is 0.299. The van der Waals surface area contributed by atoms with Crippen LogP contribution in [0.25, 0.3) is 0 Å². The summed E-state index contributed by atoms with van der Waals surface area (Å²) in [6.45, 7) is 4.45. The minimum Gasteiger partial charge on any atom is -0.344 e. The normalized spacial score (nSPS) is 23.4. The van der Waals surface area contributed by atoms with E-state index in [1.54, 1.807) is 0 Å². The number of fused-ring (bicyclic) bond motifs is 1. The van der Waals surface area contributed by atoms with Crippen LogP contribution >= 0.6 is 0 Å². The van der Waals surface area contributed by atoms with Crippen molar-refractivity contribution < 1.29 is 9.47 Å². The Labute approximate surface area is 293 Å². The largest absolute Gasteiger partial charge is 0.344 e. The van der Waals surface area contributed by atoms with Crippen LogP contribution in [0, 0.1) is 0 Å². The summed E-state index contributed by atoms with van der Waals surface area (Å²) in [6.07, 6.45) is 56.1. The van der Waals surface area contributed by atoms with E-state index in [0.29, 0.717) is 18.2 Å². The van der Waals surface area contributed by atoms with E-state index >= 15 is 0 Å². The lowest BCUT2D eigenvalue weighted by Gasteiger charge is -2.31. The zero-order valence-corrected chi connectivity index (χ0v) is 31.7. The Morgan fingerprint density at radius 3 is 1.30 bits per heavy atom. The van der Waals surface area contributed by atoms with Crippen molar-refractivity contribution in [2.45, 2.75) is 205 Å². The average molecular weight is 652 g/mol. The second-order valence-electron chi connectivity index (χ2n) is 14.6. The molecular weight excluding hydrogens is 574 g/mol. The molecule has 0 radical (unpaired) electrons. The van der Waals surface area contributed by atoms with Gasteiger partial charge in [0.2, 0.25) is 0 Å². The maximum Gasteiger partial charge on any atom is 0.169 e. The highest BCUT2D eigenvalue weighted by Crippen LogP contribution is 2.44. The van der Waals surface area contributed by atoms with Gasteiger partial charge in [0.15, 0.2) is 5.79 Å². The summed E-state index contributed by atoms with van der Waals surface area (Å²) < 4.78 is 13.7. The fourth-order valence-electron chi connectivity index (χ4n) is 7.12. The quantitative estimate of drug-likeness (QED) is 0.0570. The van der Waals surface area contributed by atoms with Crippen molar-refractivity contribution >= 4 is 0 Å². The molecule has 3 heteroatoms. The molecule has 1 heterocycles. The van der Waals surface area contributed by atoms with E-state index in [0.717, 1.165) is 51.4 Å². The molecule has 1 saturated carbocycles. The maximum atomic E-state index is 6.83. The maximum absolute atomic E-state index is 6.83. The van der Waals surface area contributed by atoms with Crippen molar-refractivity contribution in [2.24, 2.45) is 0 Å². The molecule has 1 aliphatic heterocycles. The molecule has 0 aromatic carbocycles. The van der Waals surface area contributed by atoms with Crippen LogP contribution in [-0.2, 0) is 9.47 Å². The van der Waals surface area contributed by atoms with Gasteiger partial charge in [-0.3, -0.25) is 0 Å².